The van der Waals surface area contributed by atoms with Gasteiger partial charge < -0.3 is 4.52 Å². The number of aromatic nitrogens is 2. The number of nitrogens with zero attached hydrogens (tertiary/aromatic N) is 2. The predicted octanol–water partition coefficient (Wildman–Crippen LogP) is 1.51. The van der Waals surface area contributed by atoms with Crippen LogP contribution in [-0.2, 0) is 0 Å². The quantitative estimate of drug-likeness (QED) is 0.545. The van der Waals surface area contributed by atoms with Crippen LogP contribution in [0.2, 0.25) is 0 Å². The maximum absolute atomic E-state index is 5.24. The highest BCUT2D eigenvalue weighted by Crippen LogP contribution is 2.19. The Morgan fingerprint density at radius 1 is 1.50 bits per heavy atom. The lowest BCUT2D eigenvalue weighted by molar-refractivity contribution is 0.453. The number of terminal acetylenes is 1. The van der Waals surface area contributed by atoms with E-state index < -0.39 is 0 Å². The van der Waals surface area contributed by atoms with Crippen LogP contribution in [0.25, 0.3) is 11.0 Å². The fourth-order valence-corrected chi connectivity index (χ4v) is 1.15. The molecule has 0 spiro atoms. The lowest BCUT2D eigenvalue weighted by atomic mass is 10.2. The summed E-state index contributed by atoms with van der Waals surface area (Å²) >= 11 is 0. The topological polar surface area (TPSA) is 38.9 Å². The van der Waals surface area contributed by atoms with Crippen molar-refractivity contribution in [2.24, 2.45) is 0 Å². The van der Waals surface area contributed by atoms with E-state index in [0.717, 1.165) is 10.9 Å². The second-order valence-corrected chi connectivity index (χ2v) is 2.51. The van der Waals surface area contributed by atoms with Gasteiger partial charge in [-0.2, -0.15) is 0 Å². The van der Waals surface area contributed by atoms with E-state index in [1.165, 1.54) is 0 Å². The molecule has 3 nitrogen and oxygen atoms in total. The van der Waals surface area contributed by atoms with Crippen LogP contribution in [0.3, 0.4) is 0 Å². The van der Waals surface area contributed by atoms with E-state index in [-0.39, 0.29) is 0 Å². The Labute approximate surface area is 69.4 Å². The molecule has 0 saturated carbocycles. The van der Waals surface area contributed by atoms with Gasteiger partial charge in [0.15, 0.2) is 11.3 Å². The summed E-state index contributed by atoms with van der Waals surface area (Å²) in [6, 6.07) is 0. The van der Waals surface area contributed by atoms with Gasteiger partial charge in [-0.15, -0.1) is 6.42 Å². The van der Waals surface area contributed by atoms with Crippen molar-refractivity contribution in [3.8, 4) is 12.3 Å². The second-order valence-electron chi connectivity index (χ2n) is 2.51. The van der Waals surface area contributed by atoms with Crippen LogP contribution in [0.4, 0.5) is 0 Å². The molecule has 12 heavy (non-hydrogen) atoms. The highest BCUT2D eigenvalue weighted by atomic mass is 16.5. The standard InChI is InChI=1S/C9H6N2O/c1-3-7-9-6(2)4-10-5-8(9)12-11-7/h1,4-5H,2H3. The third-order valence-corrected chi connectivity index (χ3v) is 1.71. The molecule has 0 atom stereocenters. The largest absolute Gasteiger partial charge is 0.353 e. The molecule has 2 aromatic rings. The van der Waals surface area contributed by atoms with E-state index >= 15 is 0 Å². The molecule has 0 amide bonds. The number of fused-ring (bicyclic) bond motifs is 1. The highest BCUT2D eigenvalue weighted by Gasteiger charge is 2.07. The van der Waals surface area contributed by atoms with Crippen molar-refractivity contribution in [1.82, 2.24) is 10.1 Å². The number of rotatable bonds is 0. The third-order valence-electron chi connectivity index (χ3n) is 1.71. The minimum absolute atomic E-state index is 0.546. The molecule has 2 rings (SSSR count). The first-order valence-electron chi connectivity index (χ1n) is 3.49. The zero-order valence-corrected chi connectivity index (χ0v) is 6.53. The first-order chi connectivity index (χ1) is 5.83. The Balaban J connectivity index is 2.95. The smallest absolute Gasteiger partial charge is 0.186 e. The van der Waals surface area contributed by atoms with Crippen LogP contribution < -0.4 is 0 Å². The van der Waals surface area contributed by atoms with Crippen molar-refractivity contribution < 1.29 is 4.52 Å². The summed E-state index contributed by atoms with van der Waals surface area (Å²) in [6.45, 7) is 1.92. The maximum Gasteiger partial charge on any atom is 0.186 e. The van der Waals surface area contributed by atoms with Crippen LogP contribution in [0, 0.1) is 19.3 Å². The lowest BCUT2D eigenvalue weighted by Crippen LogP contribution is -1.79. The predicted molar refractivity (Wildman–Crippen MR) is 44.5 cm³/mol. The average molecular weight is 158 g/mol. The van der Waals surface area contributed by atoms with E-state index in [1.807, 2.05) is 6.92 Å². The molecular weight excluding hydrogens is 152 g/mol. The SMILES string of the molecule is C#Cc1noc2cncc(C)c12. The Kier molecular flexibility index (Phi) is 1.34. The van der Waals surface area contributed by atoms with E-state index in [9.17, 15) is 0 Å². The fourth-order valence-electron chi connectivity index (χ4n) is 1.15. The van der Waals surface area contributed by atoms with Gasteiger partial charge in [0.05, 0.1) is 11.6 Å². The fraction of sp³-hybridized carbons (Fsp3) is 0.111. The van der Waals surface area contributed by atoms with E-state index in [2.05, 4.69) is 16.1 Å². The summed E-state index contributed by atoms with van der Waals surface area (Å²) in [5.74, 6) is 2.46. The van der Waals surface area contributed by atoms with E-state index in [0.29, 0.717) is 11.3 Å². The van der Waals surface area contributed by atoms with Crippen molar-refractivity contribution in [3.05, 3.63) is 23.7 Å². The van der Waals surface area contributed by atoms with Gasteiger partial charge in [-0.25, -0.2) is 0 Å². The summed E-state index contributed by atoms with van der Waals surface area (Å²) in [6.07, 6.45) is 8.58. The first-order valence-corrected chi connectivity index (χ1v) is 3.49. The van der Waals surface area contributed by atoms with E-state index in [1.54, 1.807) is 12.4 Å². The molecule has 0 fully saturated rings. The molecule has 3 heteroatoms. The summed E-state index contributed by atoms with van der Waals surface area (Å²) < 4.78 is 4.97. The molecule has 0 radical (unpaired) electrons. The monoisotopic (exact) mass is 158 g/mol. The molecule has 0 aliphatic heterocycles. The van der Waals surface area contributed by atoms with Gasteiger partial charge >= 0.3 is 0 Å². The summed E-state index contributed by atoms with van der Waals surface area (Å²) in [4.78, 5) is 3.96. The van der Waals surface area contributed by atoms with Gasteiger partial charge in [-0.05, 0) is 18.4 Å². The molecule has 0 aliphatic rings. The molecule has 0 aliphatic carbocycles. The average Bonchev–Trinajstić information content (AvgIpc) is 2.49. The molecule has 0 N–H and O–H groups in total. The Bertz CT molecular complexity index is 465. The zero-order valence-electron chi connectivity index (χ0n) is 6.53. The van der Waals surface area contributed by atoms with Crippen molar-refractivity contribution in [1.29, 1.82) is 0 Å². The van der Waals surface area contributed by atoms with Crippen LogP contribution in [-0.4, -0.2) is 10.1 Å². The van der Waals surface area contributed by atoms with Crippen LogP contribution in [0.1, 0.15) is 11.3 Å². The molecule has 0 bridgehead atoms. The maximum atomic E-state index is 5.24. The minimum atomic E-state index is 0.546. The van der Waals surface area contributed by atoms with Gasteiger partial charge in [-0.1, -0.05) is 5.16 Å². The minimum Gasteiger partial charge on any atom is -0.353 e. The molecule has 2 heterocycles. The first kappa shape index (κ1) is 6.86. The van der Waals surface area contributed by atoms with Crippen molar-refractivity contribution >= 4 is 11.0 Å². The van der Waals surface area contributed by atoms with Crippen molar-refractivity contribution in [2.45, 2.75) is 6.92 Å². The summed E-state index contributed by atoms with van der Waals surface area (Å²) in [5.41, 5.74) is 2.18. The number of aryl methyl sites for hydroxylation is 1. The molecular formula is C9H6N2O. The molecule has 0 unspecified atom stereocenters. The van der Waals surface area contributed by atoms with Crippen molar-refractivity contribution in [2.75, 3.05) is 0 Å². The molecule has 2 aromatic heterocycles. The van der Waals surface area contributed by atoms with Crippen molar-refractivity contribution in [3.63, 3.8) is 0 Å². The van der Waals surface area contributed by atoms with Crippen LogP contribution in [0.15, 0.2) is 16.9 Å². The van der Waals surface area contributed by atoms with Gasteiger partial charge in [0.1, 0.15) is 0 Å². The number of pyridine rings is 1. The Morgan fingerprint density at radius 2 is 2.33 bits per heavy atom. The van der Waals surface area contributed by atoms with Gasteiger partial charge in [0.25, 0.3) is 0 Å². The Morgan fingerprint density at radius 3 is 3.08 bits per heavy atom. The summed E-state index contributed by atoms with van der Waals surface area (Å²) in [7, 11) is 0. The van der Waals surface area contributed by atoms with Crippen LogP contribution in [0.5, 0.6) is 0 Å². The van der Waals surface area contributed by atoms with Gasteiger partial charge in [0.2, 0.25) is 0 Å². The third kappa shape index (κ3) is 0.785. The molecule has 58 valence electrons. The van der Waals surface area contributed by atoms with Gasteiger partial charge in [-0.3, -0.25) is 4.98 Å². The summed E-state index contributed by atoms with van der Waals surface area (Å²) in [5, 5.41) is 4.61. The van der Waals surface area contributed by atoms with E-state index in [4.69, 9.17) is 10.9 Å². The Hall–Kier alpha value is -1.82. The number of hydrogen-bond donors (Lipinski definition) is 0. The zero-order chi connectivity index (χ0) is 8.55. The number of hydrogen-bond acceptors (Lipinski definition) is 3. The molecule has 0 saturated heterocycles. The molecule has 0 aromatic carbocycles. The normalized spacial score (nSPS) is 10.0. The lowest BCUT2D eigenvalue weighted by Gasteiger charge is -1.90. The van der Waals surface area contributed by atoms with Gasteiger partial charge in [0, 0.05) is 6.20 Å². The second kappa shape index (κ2) is 2.35. The van der Waals surface area contributed by atoms with Crippen LogP contribution >= 0.6 is 0 Å². The highest BCUT2D eigenvalue weighted by molar-refractivity contribution is 5.84.